The number of nitrogens with zero attached hydrogens (tertiary/aromatic N) is 5. The number of morpholine rings is 1. The Morgan fingerprint density at radius 3 is 3.00 bits per heavy atom. The number of para-hydroxylation sites is 1. The number of rotatable bonds is 4. The average Bonchev–Trinajstić information content (AvgIpc) is 2.98. The van der Waals surface area contributed by atoms with Crippen LogP contribution in [0.4, 0.5) is 5.95 Å². The van der Waals surface area contributed by atoms with Gasteiger partial charge in [-0.1, -0.05) is 23.3 Å². The zero-order valence-corrected chi connectivity index (χ0v) is 11.4. The average molecular weight is 274 g/mol. The lowest BCUT2D eigenvalue weighted by atomic mass is 10.3. The van der Waals surface area contributed by atoms with Gasteiger partial charge in [-0.25, -0.2) is 0 Å². The van der Waals surface area contributed by atoms with E-state index in [1.807, 2.05) is 37.4 Å². The van der Waals surface area contributed by atoms with Gasteiger partial charge >= 0.3 is 0 Å². The smallest absolute Gasteiger partial charge is 0.250 e. The number of hydrogen-bond donors (Lipinski definition) is 1. The molecule has 1 aliphatic heterocycles. The van der Waals surface area contributed by atoms with Gasteiger partial charge in [0, 0.05) is 19.6 Å². The molecule has 1 aromatic heterocycles. The van der Waals surface area contributed by atoms with Crippen molar-refractivity contribution in [1.82, 2.24) is 25.5 Å². The molecule has 1 unspecified atom stereocenters. The predicted molar refractivity (Wildman–Crippen MR) is 75.0 cm³/mol. The fraction of sp³-hybridized carbons (Fsp3) is 0.462. The van der Waals surface area contributed by atoms with Crippen molar-refractivity contribution in [2.45, 2.75) is 6.10 Å². The molecule has 0 spiro atoms. The third kappa shape index (κ3) is 2.63. The van der Waals surface area contributed by atoms with Crippen LogP contribution in [-0.4, -0.2) is 59.6 Å². The first-order valence-electron chi connectivity index (χ1n) is 6.73. The van der Waals surface area contributed by atoms with Crippen LogP contribution in [0.1, 0.15) is 0 Å². The molecule has 0 radical (unpaired) electrons. The van der Waals surface area contributed by atoms with Crippen LogP contribution in [-0.2, 0) is 4.74 Å². The molecule has 1 atom stereocenters. The van der Waals surface area contributed by atoms with Crippen LogP contribution in [0.15, 0.2) is 30.3 Å². The molecule has 0 amide bonds. The topological polar surface area (TPSA) is 68.1 Å². The highest BCUT2D eigenvalue weighted by atomic mass is 16.5. The summed E-state index contributed by atoms with van der Waals surface area (Å²) < 4.78 is 7.48. The van der Waals surface area contributed by atoms with E-state index in [9.17, 15) is 0 Å². The molecule has 7 nitrogen and oxygen atoms in total. The van der Waals surface area contributed by atoms with Gasteiger partial charge in [0.15, 0.2) is 0 Å². The van der Waals surface area contributed by atoms with E-state index in [2.05, 4.69) is 25.7 Å². The molecular formula is C13H18N6O. The zero-order chi connectivity index (χ0) is 13.8. The van der Waals surface area contributed by atoms with Gasteiger partial charge in [-0.2, -0.15) is 4.68 Å². The summed E-state index contributed by atoms with van der Waals surface area (Å²) in [6.07, 6.45) is 0.162. The van der Waals surface area contributed by atoms with Crippen molar-refractivity contribution >= 4 is 5.95 Å². The quantitative estimate of drug-likeness (QED) is 0.852. The van der Waals surface area contributed by atoms with Gasteiger partial charge in [0.05, 0.1) is 18.4 Å². The molecule has 0 bridgehead atoms. The largest absolute Gasteiger partial charge is 0.373 e. The van der Waals surface area contributed by atoms with Gasteiger partial charge in [-0.3, -0.25) is 0 Å². The van der Waals surface area contributed by atoms with E-state index in [-0.39, 0.29) is 6.10 Å². The fourth-order valence-corrected chi connectivity index (χ4v) is 2.37. The molecule has 1 N–H and O–H groups in total. The van der Waals surface area contributed by atoms with E-state index >= 15 is 0 Å². The molecular weight excluding hydrogens is 256 g/mol. The van der Waals surface area contributed by atoms with Gasteiger partial charge in [0.2, 0.25) is 0 Å². The van der Waals surface area contributed by atoms with E-state index in [1.165, 1.54) is 0 Å². The van der Waals surface area contributed by atoms with Crippen molar-refractivity contribution in [3.8, 4) is 5.69 Å². The van der Waals surface area contributed by atoms with E-state index < -0.39 is 0 Å². The third-order valence-electron chi connectivity index (χ3n) is 3.31. The van der Waals surface area contributed by atoms with Gasteiger partial charge in [-0.05, 0) is 29.6 Å². The highest BCUT2D eigenvalue weighted by Crippen LogP contribution is 2.17. The Balaban J connectivity index is 1.82. The maximum Gasteiger partial charge on any atom is 0.250 e. The summed E-state index contributed by atoms with van der Waals surface area (Å²) in [6.45, 7) is 3.10. The molecule has 106 valence electrons. The highest BCUT2D eigenvalue weighted by Gasteiger charge is 2.24. The van der Waals surface area contributed by atoms with E-state index in [0.717, 1.165) is 31.3 Å². The van der Waals surface area contributed by atoms with Crippen molar-refractivity contribution in [2.24, 2.45) is 0 Å². The minimum absolute atomic E-state index is 0.162. The van der Waals surface area contributed by atoms with Crippen LogP contribution in [0, 0.1) is 0 Å². The number of aromatic nitrogens is 4. The van der Waals surface area contributed by atoms with E-state index in [0.29, 0.717) is 6.61 Å². The zero-order valence-electron chi connectivity index (χ0n) is 11.4. The Bertz CT molecular complexity index is 541. The minimum Gasteiger partial charge on any atom is -0.373 e. The van der Waals surface area contributed by atoms with Gasteiger partial charge < -0.3 is 15.0 Å². The van der Waals surface area contributed by atoms with Crippen molar-refractivity contribution in [1.29, 1.82) is 0 Å². The molecule has 3 rings (SSSR count). The number of hydrogen-bond acceptors (Lipinski definition) is 6. The Kier molecular flexibility index (Phi) is 3.89. The van der Waals surface area contributed by atoms with Crippen LogP contribution in [0.25, 0.3) is 5.69 Å². The molecule has 2 aromatic rings. The Labute approximate surface area is 117 Å². The molecule has 1 fully saturated rings. The van der Waals surface area contributed by atoms with Gasteiger partial charge in [0.1, 0.15) is 0 Å². The van der Waals surface area contributed by atoms with Crippen molar-refractivity contribution in [2.75, 3.05) is 38.2 Å². The molecule has 1 aromatic carbocycles. The highest BCUT2D eigenvalue weighted by molar-refractivity contribution is 5.40. The number of nitrogens with one attached hydrogen (secondary N) is 1. The Morgan fingerprint density at radius 2 is 2.20 bits per heavy atom. The first-order chi connectivity index (χ1) is 9.88. The van der Waals surface area contributed by atoms with E-state index in [4.69, 9.17) is 4.74 Å². The molecule has 0 aliphatic carbocycles. The molecule has 7 heteroatoms. The second-order valence-corrected chi connectivity index (χ2v) is 4.72. The Morgan fingerprint density at radius 1 is 1.35 bits per heavy atom. The third-order valence-corrected chi connectivity index (χ3v) is 3.31. The first-order valence-corrected chi connectivity index (χ1v) is 6.73. The number of anilines is 1. The van der Waals surface area contributed by atoms with Gasteiger partial charge in [-0.15, -0.1) is 0 Å². The van der Waals surface area contributed by atoms with Gasteiger partial charge in [0.25, 0.3) is 5.95 Å². The first kappa shape index (κ1) is 13.0. The maximum absolute atomic E-state index is 5.71. The standard InChI is InChI=1S/C13H18N6O/c1-14-9-12-10-18(7-8-20-12)13-15-16-17-19(13)11-5-3-2-4-6-11/h2-6,12,14H,7-10H2,1H3. The van der Waals surface area contributed by atoms with Crippen LogP contribution in [0.5, 0.6) is 0 Å². The predicted octanol–water partition coefficient (Wildman–Crippen LogP) is 0.0869. The number of likely N-dealkylation sites (N-methyl/N-ethyl adjacent to an activating group) is 1. The normalized spacial score (nSPS) is 19.2. The summed E-state index contributed by atoms with van der Waals surface area (Å²) in [5, 5.41) is 15.2. The number of tetrazole rings is 1. The van der Waals surface area contributed by atoms with Crippen LogP contribution >= 0.6 is 0 Å². The summed E-state index contributed by atoms with van der Waals surface area (Å²) in [5.74, 6) is 0.764. The summed E-state index contributed by atoms with van der Waals surface area (Å²) in [7, 11) is 1.93. The van der Waals surface area contributed by atoms with Crippen molar-refractivity contribution in [3.63, 3.8) is 0 Å². The van der Waals surface area contributed by atoms with Crippen LogP contribution in [0.2, 0.25) is 0 Å². The van der Waals surface area contributed by atoms with Crippen molar-refractivity contribution < 1.29 is 4.74 Å². The lowest BCUT2D eigenvalue weighted by Gasteiger charge is -2.32. The lowest BCUT2D eigenvalue weighted by Crippen LogP contribution is -2.47. The van der Waals surface area contributed by atoms with Crippen molar-refractivity contribution in [3.05, 3.63) is 30.3 Å². The number of benzene rings is 1. The molecule has 0 saturated carbocycles. The lowest BCUT2D eigenvalue weighted by molar-refractivity contribution is 0.0415. The van der Waals surface area contributed by atoms with E-state index in [1.54, 1.807) is 4.68 Å². The molecule has 1 aliphatic rings. The molecule has 2 heterocycles. The summed E-state index contributed by atoms with van der Waals surface area (Å²) in [6, 6.07) is 9.91. The second-order valence-electron chi connectivity index (χ2n) is 4.72. The summed E-state index contributed by atoms with van der Waals surface area (Å²) in [4.78, 5) is 2.17. The maximum atomic E-state index is 5.71. The summed E-state index contributed by atoms with van der Waals surface area (Å²) in [5.41, 5.74) is 0.962. The fourth-order valence-electron chi connectivity index (χ4n) is 2.37. The van der Waals surface area contributed by atoms with Crippen LogP contribution < -0.4 is 10.2 Å². The second kappa shape index (κ2) is 5.98. The Hall–Kier alpha value is -1.99. The number of ether oxygens (including phenoxy) is 1. The SMILES string of the molecule is CNCC1CN(c2nnnn2-c2ccccc2)CCO1. The minimum atomic E-state index is 0.162. The summed E-state index contributed by atoms with van der Waals surface area (Å²) >= 11 is 0. The molecule has 20 heavy (non-hydrogen) atoms. The molecule has 1 saturated heterocycles. The monoisotopic (exact) mass is 274 g/mol. The van der Waals surface area contributed by atoms with Crippen LogP contribution in [0.3, 0.4) is 0 Å².